The number of piperidine rings is 1. The van der Waals surface area contributed by atoms with E-state index < -0.39 is 18.0 Å². The van der Waals surface area contributed by atoms with Gasteiger partial charge in [0.25, 0.3) is 0 Å². The number of benzene rings is 1. The number of aliphatic imine (C=N–C) groups is 1. The van der Waals surface area contributed by atoms with Crippen molar-refractivity contribution in [3.63, 3.8) is 0 Å². The first kappa shape index (κ1) is 18.5. The van der Waals surface area contributed by atoms with Gasteiger partial charge in [0.1, 0.15) is 23.4 Å². The van der Waals surface area contributed by atoms with Gasteiger partial charge in [-0.15, -0.1) is 0 Å². The van der Waals surface area contributed by atoms with Gasteiger partial charge >= 0.3 is 6.18 Å². The first-order valence-corrected chi connectivity index (χ1v) is 10.6. The number of alkyl halides is 3. The molecule has 3 fully saturated rings. The minimum Gasteiger partial charge on any atom is -0.358 e. The molecule has 4 aliphatic rings. The molecule has 0 spiro atoms. The van der Waals surface area contributed by atoms with Gasteiger partial charge in [0.05, 0.1) is 10.6 Å². The van der Waals surface area contributed by atoms with Gasteiger partial charge in [0, 0.05) is 31.1 Å². The summed E-state index contributed by atoms with van der Waals surface area (Å²) in [6, 6.07) is 1.24. The van der Waals surface area contributed by atoms with Crippen LogP contribution in [0, 0.1) is 11.7 Å². The molecule has 9 heteroatoms. The zero-order valence-electron chi connectivity index (χ0n) is 15.5. The molecule has 28 heavy (non-hydrogen) atoms. The monoisotopic (exact) mass is 414 g/mol. The van der Waals surface area contributed by atoms with E-state index in [2.05, 4.69) is 14.6 Å². The Hall–Kier alpha value is -1.48. The molecule has 1 saturated carbocycles. The van der Waals surface area contributed by atoms with Crippen LogP contribution in [0.5, 0.6) is 0 Å². The van der Waals surface area contributed by atoms with Gasteiger partial charge in [-0.1, -0.05) is 0 Å². The molecule has 1 aromatic rings. The number of anilines is 1. The fraction of sp³-hybridized carbons (Fsp3) is 0.632. The number of halogens is 4. The third kappa shape index (κ3) is 3.36. The Morgan fingerprint density at radius 2 is 1.96 bits per heavy atom. The Morgan fingerprint density at radius 1 is 1.21 bits per heavy atom. The standard InChI is InChI=1S/C19H22F4N4S/c1-10-9-27(10)13-4-5-26(16(8-13)19(21,22)23)14-6-12(20)7-15-17(14)24-18(25-28-15)11-2-3-11/h6-7,10-11,13,16H,2-5,8-9H2,1H3,(H,24,25)/t10?,13-,16+,27?/m1/s1. The maximum absolute atomic E-state index is 14.3. The van der Waals surface area contributed by atoms with E-state index in [4.69, 9.17) is 0 Å². The summed E-state index contributed by atoms with van der Waals surface area (Å²) in [5.74, 6) is 0.601. The number of hydrogen-bond donors (Lipinski definition) is 1. The van der Waals surface area contributed by atoms with Crippen LogP contribution >= 0.6 is 11.9 Å². The lowest BCUT2D eigenvalue weighted by atomic mass is 9.95. The highest BCUT2D eigenvalue weighted by atomic mass is 32.2. The van der Waals surface area contributed by atoms with Crippen LogP contribution in [0.4, 0.5) is 28.9 Å². The minimum atomic E-state index is -4.37. The molecule has 3 aliphatic heterocycles. The third-order valence-corrected chi connectivity index (χ3v) is 6.96. The Morgan fingerprint density at radius 3 is 2.61 bits per heavy atom. The number of rotatable bonds is 3. The van der Waals surface area contributed by atoms with Gasteiger partial charge in [-0.25, -0.2) is 9.38 Å². The van der Waals surface area contributed by atoms with Crippen LogP contribution in [-0.4, -0.2) is 48.1 Å². The summed E-state index contributed by atoms with van der Waals surface area (Å²) in [7, 11) is 0. The number of nitrogens with one attached hydrogen (secondary N) is 1. The van der Waals surface area contributed by atoms with Gasteiger partial charge < -0.3 is 9.62 Å². The lowest BCUT2D eigenvalue weighted by Crippen LogP contribution is -2.54. The first-order chi connectivity index (χ1) is 13.3. The zero-order chi connectivity index (χ0) is 19.6. The van der Waals surface area contributed by atoms with Crippen LogP contribution in [0.1, 0.15) is 32.6 Å². The fourth-order valence-electron chi connectivity index (χ4n) is 4.37. The van der Waals surface area contributed by atoms with Crippen molar-refractivity contribution in [1.82, 2.24) is 9.62 Å². The van der Waals surface area contributed by atoms with E-state index in [1.165, 1.54) is 29.0 Å². The molecular weight excluding hydrogens is 392 g/mol. The van der Waals surface area contributed by atoms with Crippen molar-refractivity contribution in [3.8, 4) is 0 Å². The molecule has 2 unspecified atom stereocenters. The molecule has 2 saturated heterocycles. The normalized spacial score (nSPS) is 32.5. The highest BCUT2D eigenvalue weighted by Gasteiger charge is 2.50. The number of amidine groups is 1. The molecule has 0 aromatic heterocycles. The van der Waals surface area contributed by atoms with Crippen molar-refractivity contribution in [2.24, 2.45) is 10.9 Å². The molecule has 0 amide bonds. The van der Waals surface area contributed by atoms with Crippen LogP contribution in [0.2, 0.25) is 0 Å². The summed E-state index contributed by atoms with van der Waals surface area (Å²) in [5.41, 5.74) is 0.738. The molecule has 1 N–H and O–H groups in total. The minimum absolute atomic E-state index is 0.0176. The topological polar surface area (TPSA) is 30.6 Å². The second-order valence-corrected chi connectivity index (χ2v) is 9.07. The molecule has 3 heterocycles. The van der Waals surface area contributed by atoms with Crippen molar-refractivity contribution in [2.45, 2.75) is 61.8 Å². The largest absolute Gasteiger partial charge is 0.408 e. The van der Waals surface area contributed by atoms with Gasteiger partial charge in [0.2, 0.25) is 0 Å². The second-order valence-electron chi connectivity index (χ2n) is 8.22. The molecule has 1 aromatic carbocycles. The van der Waals surface area contributed by atoms with Crippen LogP contribution in [0.3, 0.4) is 0 Å². The zero-order valence-corrected chi connectivity index (χ0v) is 16.3. The van der Waals surface area contributed by atoms with E-state index in [-0.39, 0.29) is 24.7 Å². The van der Waals surface area contributed by atoms with Crippen molar-refractivity contribution in [2.75, 3.05) is 18.0 Å². The summed E-state index contributed by atoms with van der Waals surface area (Å²) >= 11 is 1.24. The van der Waals surface area contributed by atoms with E-state index in [0.29, 0.717) is 29.0 Å². The highest BCUT2D eigenvalue weighted by Crippen LogP contribution is 2.47. The van der Waals surface area contributed by atoms with Gasteiger partial charge in [-0.3, -0.25) is 4.90 Å². The summed E-state index contributed by atoms with van der Waals surface area (Å²) in [5, 5.41) is 0. The number of fused-ring (bicyclic) bond motifs is 1. The van der Waals surface area contributed by atoms with Crippen LogP contribution in [-0.2, 0) is 0 Å². The van der Waals surface area contributed by atoms with E-state index in [9.17, 15) is 17.6 Å². The smallest absolute Gasteiger partial charge is 0.358 e. The Bertz CT molecular complexity index is 823. The summed E-state index contributed by atoms with van der Waals surface area (Å²) < 4.78 is 59.3. The molecular formula is C19H22F4N4S. The Balaban J connectivity index is 1.52. The molecule has 0 radical (unpaired) electrons. The molecule has 0 bridgehead atoms. The average Bonchev–Trinajstić information content (AvgIpc) is 3.56. The molecule has 152 valence electrons. The number of nitrogens with zero attached hydrogens (tertiary/aromatic N) is 3. The lowest BCUT2D eigenvalue weighted by Gasteiger charge is -2.43. The van der Waals surface area contributed by atoms with E-state index >= 15 is 0 Å². The Kier molecular flexibility index (Phi) is 4.32. The molecule has 1 aliphatic carbocycles. The average molecular weight is 414 g/mol. The predicted octanol–water partition coefficient (Wildman–Crippen LogP) is 4.48. The van der Waals surface area contributed by atoms with Crippen molar-refractivity contribution < 1.29 is 17.6 Å². The number of hydrogen-bond acceptors (Lipinski definition) is 5. The maximum Gasteiger partial charge on any atom is 0.408 e. The van der Waals surface area contributed by atoms with E-state index in [1.807, 2.05) is 6.92 Å². The highest BCUT2D eigenvalue weighted by molar-refractivity contribution is 7.98. The summed E-state index contributed by atoms with van der Waals surface area (Å²) in [6.07, 6.45) is -1.65. The van der Waals surface area contributed by atoms with Crippen LogP contribution in [0.25, 0.3) is 0 Å². The molecule has 4 atom stereocenters. The van der Waals surface area contributed by atoms with Gasteiger partial charge in [-0.2, -0.15) is 13.2 Å². The SMILES string of the molecule is CC1CN1[C@@H]1CCN(c2cc(F)cc3c2N=C(C2CC2)NS3)[C@H](C(F)(F)F)C1. The summed E-state index contributed by atoms with van der Waals surface area (Å²) in [4.78, 5) is 8.63. The predicted molar refractivity (Wildman–Crippen MR) is 102 cm³/mol. The molecule has 5 rings (SSSR count). The Labute approximate surface area is 165 Å². The summed E-state index contributed by atoms with van der Waals surface area (Å²) in [6.45, 7) is 3.15. The van der Waals surface area contributed by atoms with Gasteiger partial charge in [0.15, 0.2) is 0 Å². The second kappa shape index (κ2) is 6.52. The quantitative estimate of drug-likeness (QED) is 0.449. The fourth-order valence-corrected chi connectivity index (χ4v) is 5.21. The molecule has 4 nitrogen and oxygen atoms in total. The third-order valence-electron chi connectivity index (χ3n) is 6.12. The first-order valence-electron chi connectivity index (χ1n) is 9.75. The van der Waals surface area contributed by atoms with Crippen molar-refractivity contribution >= 4 is 29.2 Å². The van der Waals surface area contributed by atoms with Crippen LogP contribution in [0.15, 0.2) is 22.0 Å². The van der Waals surface area contributed by atoms with E-state index in [0.717, 1.165) is 25.2 Å². The van der Waals surface area contributed by atoms with Crippen molar-refractivity contribution in [1.29, 1.82) is 0 Å². The van der Waals surface area contributed by atoms with Crippen molar-refractivity contribution in [3.05, 3.63) is 17.9 Å². The van der Waals surface area contributed by atoms with Crippen LogP contribution < -0.4 is 9.62 Å². The lowest BCUT2D eigenvalue weighted by molar-refractivity contribution is -0.155. The maximum atomic E-state index is 14.3. The van der Waals surface area contributed by atoms with E-state index in [1.54, 1.807) is 0 Å². The van der Waals surface area contributed by atoms with Gasteiger partial charge in [-0.05, 0) is 56.7 Å².